The zero-order valence-electron chi connectivity index (χ0n) is 14.1. The van der Waals surface area contributed by atoms with Crippen molar-refractivity contribution >= 4 is 18.3 Å². The quantitative estimate of drug-likeness (QED) is 0.372. The molecule has 5 N–H and O–H groups in total. The number of fused-ring (bicyclic) bond motifs is 1. The van der Waals surface area contributed by atoms with Gasteiger partial charge in [0.05, 0.1) is 6.26 Å². The molecule has 0 spiro atoms. The van der Waals surface area contributed by atoms with E-state index in [1.54, 1.807) is 6.26 Å². The first-order chi connectivity index (χ1) is 12.3. The van der Waals surface area contributed by atoms with Crippen molar-refractivity contribution in [3.63, 3.8) is 0 Å². The Morgan fingerprint density at radius 2 is 2.00 bits per heavy atom. The predicted octanol–water partition coefficient (Wildman–Crippen LogP) is -1.18. The first-order valence-electron chi connectivity index (χ1n) is 8.03. The molecule has 2 heterocycles. The van der Waals surface area contributed by atoms with Crippen molar-refractivity contribution in [3.05, 3.63) is 24.2 Å². The average Bonchev–Trinajstić information content (AvgIpc) is 2.99. The summed E-state index contributed by atoms with van der Waals surface area (Å²) in [7, 11) is 1.92. The topological polar surface area (TPSA) is 161 Å². The van der Waals surface area contributed by atoms with Gasteiger partial charge in [0.25, 0.3) is 0 Å². The standard InChI is InChI=1S/C12H16N2O2.C4H6O6/c1-13-7-10-5-9-6-12(9,14(10)8-15)11-3-2-4-16-11;5-1(3(7)8)2(6)4(9)10/h2-4,8-10,13H,5-7H2,1H3;1-2,5-6H,(H,7,8)(H,9,10). The third-order valence-electron chi connectivity index (χ3n) is 4.79. The van der Waals surface area contributed by atoms with Crippen LogP contribution < -0.4 is 5.32 Å². The molecular weight excluding hydrogens is 348 g/mol. The minimum atomic E-state index is -2.27. The molecule has 1 amide bonds. The maximum Gasteiger partial charge on any atom is 0.335 e. The number of rotatable bonds is 7. The van der Waals surface area contributed by atoms with E-state index in [1.165, 1.54) is 0 Å². The summed E-state index contributed by atoms with van der Waals surface area (Å²) in [6, 6.07) is 4.19. The normalized spacial score (nSPS) is 28.3. The fraction of sp³-hybridized carbons (Fsp3) is 0.562. The van der Waals surface area contributed by atoms with Crippen LogP contribution in [-0.2, 0) is 19.9 Å². The highest BCUT2D eigenvalue weighted by atomic mass is 16.4. The van der Waals surface area contributed by atoms with Gasteiger partial charge in [0.2, 0.25) is 6.41 Å². The maximum absolute atomic E-state index is 11.3. The van der Waals surface area contributed by atoms with Gasteiger partial charge in [-0.15, -0.1) is 0 Å². The number of nitrogens with one attached hydrogen (secondary N) is 1. The van der Waals surface area contributed by atoms with Crippen LogP contribution in [-0.4, -0.2) is 75.5 Å². The van der Waals surface area contributed by atoms with E-state index < -0.39 is 24.1 Å². The summed E-state index contributed by atoms with van der Waals surface area (Å²) in [5, 5.41) is 35.7. The van der Waals surface area contributed by atoms with E-state index in [0.717, 1.165) is 31.6 Å². The molecular formula is C16H22N2O8. The predicted molar refractivity (Wildman–Crippen MR) is 86.0 cm³/mol. The molecule has 5 unspecified atom stereocenters. The van der Waals surface area contributed by atoms with Gasteiger partial charge in [0.15, 0.2) is 12.2 Å². The SMILES string of the molecule is CNCC1CC2CC2(c2ccco2)N1C=O.O=C(O)C(O)C(O)C(=O)O. The van der Waals surface area contributed by atoms with Crippen LogP contribution in [0.25, 0.3) is 0 Å². The van der Waals surface area contributed by atoms with Gasteiger partial charge in [-0.1, -0.05) is 0 Å². The Morgan fingerprint density at radius 1 is 1.38 bits per heavy atom. The zero-order valence-corrected chi connectivity index (χ0v) is 14.1. The number of hydrogen-bond acceptors (Lipinski definition) is 7. The molecule has 10 nitrogen and oxygen atoms in total. The number of likely N-dealkylation sites (N-methyl/N-ethyl adjacent to an activating group) is 1. The highest BCUT2D eigenvalue weighted by Gasteiger charge is 2.67. The van der Waals surface area contributed by atoms with Gasteiger partial charge in [-0.05, 0) is 37.9 Å². The van der Waals surface area contributed by atoms with Gasteiger partial charge >= 0.3 is 11.9 Å². The molecule has 0 radical (unpaired) electrons. The van der Waals surface area contributed by atoms with Crippen molar-refractivity contribution in [2.75, 3.05) is 13.6 Å². The Balaban J connectivity index is 0.000000213. The van der Waals surface area contributed by atoms with Crippen molar-refractivity contribution < 1.29 is 39.2 Å². The minimum Gasteiger partial charge on any atom is -0.479 e. The summed E-state index contributed by atoms with van der Waals surface area (Å²) in [4.78, 5) is 32.8. The third kappa shape index (κ3) is 3.57. The molecule has 144 valence electrons. The van der Waals surface area contributed by atoms with Crippen molar-refractivity contribution in [2.45, 2.75) is 36.6 Å². The van der Waals surface area contributed by atoms with E-state index in [-0.39, 0.29) is 5.54 Å². The largest absolute Gasteiger partial charge is 0.479 e. The maximum atomic E-state index is 11.3. The molecule has 3 rings (SSSR count). The Bertz CT molecular complexity index is 631. The summed E-state index contributed by atoms with van der Waals surface area (Å²) in [5.74, 6) is -2.00. The van der Waals surface area contributed by atoms with Crippen LogP contribution in [0, 0.1) is 5.92 Å². The molecule has 1 aromatic rings. The molecule has 5 atom stereocenters. The van der Waals surface area contributed by atoms with E-state index >= 15 is 0 Å². The lowest BCUT2D eigenvalue weighted by Gasteiger charge is -2.29. The summed E-state index contributed by atoms with van der Waals surface area (Å²) < 4.78 is 5.50. The average molecular weight is 370 g/mol. The number of likely N-dealkylation sites (tertiary alicyclic amines) is 1. The summed E-state index contributed by atoms with van der Waals surface area (Å²) in [6.07, 6.45) is 0.278. The molecule has 0 bridgehead atoms. The Labute approximate surface area is 149 Å². The summed E-state index contributed by atoms with van der Waals surface area (Å²) >= 11 is 0. The van der Waals surface area contributed by atoms with Crippen LogP contribution in [0.15, 0.2) is 22.8 Å². The number of piperidine rings is 1. The monoisotopic (exact) mass is 370 g/mol. The molecule has 1 saturated heterocycles. The first kappa shape index (κ1) is 19.9. The fourth-order valence-corrected chi connectivity index (χ4v) is 3.50. The van der Waals surface area contributed by atoms with Crippen LogP contribution in [0.5, 0.6) is 0 Å². The second kappa shape index (κ2) is 7.85. The van der Waals surface area contributed by atoms with Crippen molar-refractivity contribution in [2.24, 2.45) is 5.92 Å². The van der Waals surface area contributed by atoms with Crippen molar-refractivity contribution in [1.82, 2.24) is 10.2 Å². The number of amides is 1. The summed E-state index contributed by atoms with van der Waals surface area (Å²) in [6.45, 7) is 0.859. The molecule has 10 heteroatoms. The summed E-state index contributed by atoms with van der Waals surface area (Å²) in [5.41, 5.74) is -0.118. The molecule has 1 aliphatic heterocycles. The lowest BCUT2D eigenvalue weighted by Crippen LogP contribution is -2.42. The van der Waals surface area contributed by atoms with E-state index in [1.807, 2.05) is 24.1 Å². The molecule has 26 heavy (non-hydrogen) atoms. The number of carbonyl (C=O) groups excluding carboxylic acids is 1. The molecule has 0 aromatic carbocycles. The lowest BCUT2D eigenvalue weighted by atomic mass is 10.1. The van der Waals surface area contributed by atoms with E-state index in [2.05, 4.69) is 5.32 Å². The highest BCUT2D eigenvalue weighted by molar-refractivity contribution is 5.83. The Morgan fingerprint density at radius 3 is 2.42 bits per heavy atom. The number of furan rings is 1. The zero-order chi connectivity index (χ0) is 19.5. The molecule has 2 aliphatic rings. The van der Waals surface area contributed by atoms with Gasteiger partial charge in [-0.2, -0.15) is 0 Å². The number of carbonyl (C=O) groups is 3. The third-order valence-corrected chi connectivity index (χ3v) is 4.79. The van der Waals surface area contributed by atoms with Crippen LogP contribution >= 0.6 is 0 Å². The van der Waals surface area contributed by atoms with Gasteiger partial charge in [0.1, 0.15) is 11.3 Å². The van der Waals surface area contributed by atoms with Crippen LogP contribution in [0.4, 0.5) is 0 Å². The number of hydrogen-bond donors (Lipinski definition) is 5. The minimum absolute atomic E-state index is 0.118. The number of carboxylic acid groups (broad SMARTS) is 2. The molecule has 2 fully saturated rings. The number of aliphatic carboxylic acids is 2. The van der Waals surface area contributed by atoms with Crippen LogP contribution in [0.2, 0.25) is 0 Å². The van der Waals surface area contributed by atoms with E-state index in [9.17, 15) is 14.4 Å². The smallest absolute Gasteiger partial charge is 0.335 e. The van der Waals surface area contributed by atoms with Gasteiger partial charge in [-0.3, -0.25) is 4.79 Å². The van der Waals surface area contributed by atoms with Crippen molar-refractivity contribution in [1.29, 1.82) is 0 Å². The van der Waals surface area contributed by atoms with Gasteiger partial charge in [-0.25, -0.2) is 9.59 Å². The Kier molecular flexibility index (Phi) is 6.01. The molecule has 1 saturated carbocycles. The fourth-order valence-electron chi connectivity index (χ4n) is 3.50. The van der Waals surface area contributed by atoms with E-state index in [0.29, 0.717) is 12.0 Å². The van der Waals surface area contributed by atoms with Crippen molar-refractivity contribution in [3.8, 4) is 0 Å². The number of aliphatic hydroxyl groups excluding tert-OH is 2. The van der Waals surface area contributed by atoms with Crippen LogP contribution in [0.3, 0.4) is 0 Å². The van der Waals surface area contributed by atoms with Gasteiger partial charge in [0, 0.05) is 12.6 Å². The second-order valence-electron chi connectivity index (χ2n) is 6.33. The molecule has 1 aliphatic carbocycles. The van der Waals surface area contributed by atoms with Gasteiger partial charge < -0.3 is 35.1 Å². The van der Waals surface area contributed by atoms with Crippen LogP contribution in [0.1, 0.15) is 18.6 Å². The Hall–Kier alpha value is -2.43. The number of carboxylic acids is 2. The van der Waals surface area contributed by atoms with E-state index in [4.69, 9.17) is 24.8 Å². The second-order valence-corrected chi connectivity index (χ2v) is 6.33. The number of aliphatic hydroxyl groups is 2. The number of nitrogens with zero attached hydrogens (tertiary/aromatic N) is 1. The first-order valence-corrected chi connectivity index (χ1v) is 8.03. The molecule has 1 aromatic heterocycles. The highest BCUT2D eigenvalue weighted by Crippen LogP contribution is 2.63. The lowest BCUT2D eigenvalue weighted by molar-refractivity contribution is -0.165.